The fourth-order valence-electron chi connectivity index (χ4n) is 1.57. The van der Waals surface area contributed by atoms with Crippen LogP contribution in [0.3, 0.4) is 0 Å². The first-order valence-corrected chi connectivity index (χ1v) is 7.60. The summed E-state index contributed by atoms with van der Waals surface area (Å²) in [6.45, 7) is 0.219. The van der Waals surface area contributed by atoms with Crippen LogP contribution in [0.4, 0.5) is 0 Å². The van der Waals surface area contributed by atoms with E-state index in [0.717, 1.165) is 5.56 Å². The molecule has 1 heterocycles. The van der Waals surface area contributed by atoms with Crippen LogP contribution in [-0.4, -0.2) is 27.2 Å². The number of nitrogens with zero attached hydrogens (tertiary/aromatic N) is 1. The summed E-state index contributed by atoms with van der Waals surface area (Å²) in [6.07, 6.45) is 3.48. The van der Waals surface area contributed by atoms with Gasteiger partial charge in [-0.05, 0) is 18.6 Å². The highest BCUT2D eigenvalue weighted by Gasteiger charge is 2.18. The lowest BCUT2D eigenvalue weighted by Crippen LogP contribution is -2.26. The van der Waals surface area contributed by atoms with Crippen LogP contribution in [-0.2, 0) is 16.4 Å². The zero-order valence-corrected chi connectivity index (χ0v) is 12.2. The molecule has 0 amide bonds. The monoisotopic (exact) mass is 316 g/mol. The molecule has 1 aromatic carbocycles. The average molecular weight is 317 g/mol. The number of aromatic nitrogens is 1. The van der Waals surface area contributed by atoms with E-state index in [-0.39, 0.29) is 16.5 Å². The van der Waals surface area contributed by atoms with Crippen LogP contribution in [0.2, 0.25) is 5.02 Å². The molecule has 0 saturated heterocycles. The minimum atomic E-state index is -3.69. The lowest BCUT2D eigenvalue weighted by Gasteiger charge is -2.09. The number of hydrogen-bond acceptors (Lipinski definition) is 5. The van der Waals surface area contributed by atoms with Crippen molar-refractivity contribution in [1.82, 2.24) is 9.88 Å². The van der Waals surface area contributed by atoms with Crippen LogP contribution in [0.25, 0.3) is 0 Å². The predicted octanol–water partition coefficient (Wildman–Crippen LogP) is 1.86. The zero-order chi connectivity index (χ0) is 14.6. The Labute approximate surface area is 121 Å². The summed E-state index contributed by atoms with van der Waals surface area (Å²) in [7, 11) is -2.23. The molecule has 0 saturated carbocycles. The number of benzene rings is 1. The van der Waals surface area contributed by atoms with Gasteiger partial charge in [0, 0.05) is 18.2 Å². The van der Waals surface area contributed by atoms with E-state index in [1.807, 2.05) is 0 Å². The molecule has 6 nitrogen and oxygen atoms in total. The summed E-state index contributed by atoms with van der Waals surface area (Å²) in [5.41, 5.74) is 0.810. The second kappa shape index (κ2) is 6.25. The van der Waals surface area contributed by atoms with E-state index in [0.29, 0.717) is 12.2 Å². The average Bonchev–Trinajstić information content (AvgIpc) is 2.92. The van der Waals surface area contributed by atoms with Crippen LogP contribution in [0, 0.1) is 0 Å². The van der Waals surface area contributed by atoms with Gasteiger partial charge in [-0.25, -0.2) is 13.1 Å². The van der Waals surface area contributed by atoms with Crippen molar-refractivity contribution in [3.63, 3.8) is 0 Å². The summed E-state index contributed by atoms with van der Waals surface area (Å²) in [5.74, 6) is 0.425. The van der Waals surface area contributed by atoms with Crippen molar-refractivity contribution in [3.05, 3.63) is 41.2 Å². The summed E-state index contributed by atoms with van der Waals surface area (Å²) in [5, 5.41) is 3.68. The fourth-order valence-corrected chi connectivity index (χ4v) is 3.12. The maximum Gasteiger partial charge on any atom is 0.242 e. The van der Waals surface area contributed by atoms with Crippen LogP contribution >= 0.6 is 11.6 Å². The summed E-state index contributed by atoms with van der Waals surface area (Å²) < 4.78 is 36.5. The molecular formula is C12H13ClN2O4S. The highest BCUT2D eigenvalue weighted by molar-refractivity contribution is 7.89. The van der Waals surface area contributed by atoms with E-state index >= 15 is 0 Å². The van der Waals surface area contributed by atoms with Gasteiger partial charge >= 0.3 is 0 Å². The largest absolute Gasteiger partial charge is 0.497 e. The molecule has 20 heavy (non-hydrogen) atoms. The molecule has 0 atom stereocenters. The predicted molar refractivity (Wildman–Crippen MR) is 73.4 cm³/mol. The zero-order valence-electron chi connectivity index (χ0n) is 10.7. The van der Waals surface area contributed by atoms with Gasteiger partial charge in [-0.15, -0.1) is 0 Å². The van der Waals surface area contributed by atoms with Gasteiger partial charge in [0.1, 0.15) is 16.9 Å². The van der Waals surface area contributed by atoms with Crippen molar-refractivity contribution >= 4 is 21.6 Å². The number of halogens is 1. The number of methoxy groups -OCH3 is 1. The second-order valence-corrected chi connectivity index (χ2v) is 6.12. The first-order chi connectivity index (χ1) is 9.53. The minimum absolute atomic E-state index is 0.0103. The van der Waals surface area contributed by atoms with Gasteiger partial charge in [0.25, 0.3) is 0 Å². The van der Waals surface area contributed by atoms with E-state index in [2.05, 4.69) is 14.4 Å². The standard InChI is InChI=1S/C12H13ClN2O4S/c1-18-10-2-3-11(13)12(6-10)20(16,17)15-5-4-9-7-14-19-8-9/h2-3,6-8,15H,4-5H2,1H3. The van der Waals surface area contributed by atoms with E-state index in [1.165, 1.54) is 31.7 Å². The van der Waals surface area contributed by atoms with Gasteiger partial charge in [0.15, 0.2) is 0 Å². The van der Waals surface area contributed by atoms with Gasteiger partial charge < -0.3 is 9.26 Å². The van der Waals surface area contributed by atoms with E-state index in [1.54, 1.807) is 6.07 Å². The maximum absolute atomic E-state index is 12.2. The van der Waals surface area contributed by atoms with Crippen molar-refractivity contribution in [2.45, 2.75) is 11.3 Å². The van der Waals surface area contributed by atoms with Crippen LogP contribution in [0.15, 0.2) is 40.1 Å². The Bertz CT molecular complexity index is 671. The molecule has 2 rings (SSSR count). The minimum Gasteiger partial charge on any atom is -0.497 e. The normalized spacial score (nSPS) is 11.5. The SMILES string of the molecule is COc1ccc(Cl)c(S(=O)(=O)NCCc2cnoc2)c1. The van der Waals surface area contributed by atoms with Gasteiger partial charge in [-0.1, -0.05) is 16.8 Å². The lowest BCUT2D eigenvalue weighted by molar-refractivity contribution is 0.413. The number of ether oxygens (including phenoxy) is 1. The molecule has 1 aromatic heterocycles. The molecule has 0 radical (unpaired) electrons. The molecule has 0 aliphatic rings. The highest BCUT2D eigenvalue weighted by Crippen LogP contribution is 2.25. The van der Waals surface area contributed by atoms with Crippen LogP contribution < -0.4 is 9.46 Å². The molecule has 8 heteroatoms. The van der Waals surface area contributed by atoms with Gasteiger partial charge in [-0.2, -0.15) is 0 Å². The van der Waals surface area contributed by atoms with E-state index in [4.69, 9.17) is 16.3 Å². The Kier molecular flexibility index (Phi) is 4.64. The first-order valence-electron chi connectivity index (χ1n) is 5.74. The molecular weight excluding hydrogens is 304 g/mol. The topological polar surface area (TPSA) is 81.4 Å². The molecule has 1 N–H and O–H groups in total. The van der Waals surface area contributed by atoms with Crippen molar-refractivity contribution in [2.75, 3.05) is 13.7 Å². The Morgan fingerprint density at radius 1 is 1.45 bits per heavy atom. The third kappa shape index (κ3) is 3.50. The third-order valence-electron chi connectivity index (χ3n) is 2.62. The number of sulfonamides is 1. The van der Waals surface area contributed by atoms with Gasteiger partial charge in [0.2, 0.25) is 10.0 Å². The molecule has 0 spiro atoms. The summed E-state index contributed by atoms with van der Waals surface area (Å²) in [6, 6.07) is 4.46. The second-order valence-electron chi connectivity index (χ2n) is 3.98. The number of rotatable bonds is 6. The molecule has 0 aliphatic carbocycles. The highest BCUT2D eigenvalue weighted by atomic mass is 35.5. The maximum atomic E-state index is 12.2. The van der Waals surface area contributed by atoms with Gasteiger partial charge in [-0.3, -0.25) is 0 Å². The molecule has 108 valence electrons. The lowest BCUT2D eigenvalue weighted by atomic mass is 10.3. The summed E-state index contributed by atoms with van der Waals surface area (Å²) in [4.78, 5) is -0.0103. The fraction of sp³-hybridized carbons (Fsp3) is 0.250. The molecule has 0 bridgehead atoms. The Hall–Kier alpha value is -1.57. The number of nitrogens with one attached hydrogen (secondary N) is 1. The Morgan fingerprint density at radius 3 is 2.90 bits per heavy atom. The van der Waals surface area contributed by atoms with E-state index < -0.39 is 10.0 Å². The van der Waals surface area contributed by atoms with Gasteiger partial charge in [0.05, 0.1) is 18.3 Å². The quantitative estimate of drug-likeness (QED) is 0.879. The Balaban J connectivity index is 2.09. The van der Waals surface area contributed by atoms with E-state index in [9.17, 15) is 8.42 Å². The van der Waals surface area contributed by atoms with Crippen molar-refractivity contribution in [1.29, 1.82) is 0 Å². The molecule has 0 fully saturated rings. The molecule has 0 aliphatic heterocycles. The van der Waals surface area contributed by atoms with Crippen LogP contribution in [0.5, 0.6) is 5.75 Å². The van der Waals surface area contributed by atoms with Crippen LogP contribution in [0.1, 0.15) is 5.56 Å². The smallest absolute Gasteiger partial charge is 0.242 e. The van der Waals surface area contributed by atoms with Crippen molar-refractivity contribution in [2.24, 2.45) is 0 Å². The number of hydrogen-bond donors (Lipinski definition) is 1. The van der Waals surface area contributed by atoms with Crippen molar-refractivity contribution < 1.29 is 17.7 Å². The Morgan fingerprint density at radius 2 is 2.25 bits per heavy atom. The first kappa shape index (κ1) is 14.8. The third-order valence-corrected chi connectivity index (χ3v) is 4.56. The van der Waals surface area contributed by atoms with Crippen molar-refractivity contribution in [3.8, 4) is 5.75 Å². The molecule has 2 aromatic rings. The summed E-state index contributed by atoms with van der Waals surface area (Å²) >= 11 is 5.92. The molecule has 0 unspecified atom stereocenters.